The number of anilines is 1. The highest BCUT2D eigenvalue weighted by Gasteiger charge is 2.06. The molecule has 2 aromatic carbocycles. The van der Waals surface area contributed by atoms with Gasteiger partial charge < -0.3 is 10.6 Å². The minimum Gasteiger partial charge on any atom is -0.366 e. The molecule has 0 spiro atoms. The number of thioether (sulfide) groups is 2. The second-order valence-corrected chi connectivity index (χ2v) is 8.45. The van der Waals surface area contributed by atoms with Gasteiger partial charge in [0.1, 0.15) is 17.2 Å². The van der Waals surface area contributed by atoms with Crippen molar-refractivity contribution in [1.29, 1.82) is 0 Å². The highest BCUT2D eigenvalue weighted by atomic mass is 35.5. The molecule has 0 saturated heterocycles. The minimum absolute atomic E-state index is 0.0294. The van der Waals surface area contributed by atoms with Gasteiger partial charge in [0, 0.05) is 29.1 Å². The molecule has 0 unspecified atom stereocenters. The lowest BCUT2D eigenvalue weighted by Crippen LogP contribution is -2.24. The fourth-order valence-corrected chi connectivity index (χ4v) is 3.68. The Morgan fingerprint density at radius 3 is 2.41 bits per heavy atom. The van der Waals surface area contributed by atoms with Crippen molar-refractivity contribution in [2.24, 2.45) is 0 Å². The van der Waals surface area contributed by atoms with Crippen LogP contribution in [0.25, 0.3) is 0 Å². The monoisotopic (exact) mass is 444 g/mol. The van der Waals surface area contributed by atoms with Gasteiger partial charge in [0.2, 0.25) is 5.91 Å². The first-order valence-corrected chi connectivity index (χ1v) is 11.5. The van der Waals surface area contributed by atoms with E-state index < -0.39 is 0 Å². The van der Waals surface area contributed by atoms with E-state index in [1.54, 1.807) is 11.8 Å². The van der Waals surface area contributed by atoms with Crippen LogP contribution in [0.15, 0.2) is 70.8 Å². The van der Waals surface area contributed by atoms with E-state index in [1.807, 2.05) is 48.7 Å². The summed E-state index contributed by atoms with van der Waals surface area (Å²) < 4.78 is 0. The van der Waals surface area contributed by atoms with E-state index in [0.29, 0.717) is 29.7 Å². The molecule has 1 aromatic heterocycles. The van der Waals surface area contributed by atoms with Gasteiger partial charge >= 0.3 is 0 Å². The number of aromatic nitrogens is 2. The quantitative estimate of drug-likeness (QED) is 0.362. The fourth-order valence-electron chi connectivity index (χ4n) is 2.44. The summed E-state index contributed by atoms with van der Waals surface area (Å²) in [5.41, 5.74) is 2.18. The molecule has 3 aromatic rings. The van der Waals surface area contributed by atoms with Crippen molar-refractivity contribution >= 4 is 46.8 Å². The summed E-state index contributed by atoms with van der Waals surface area (Å²) in [7, 11) is 0. The van der Waals surface area contributed by atoms with E-state index >= 15 is 0 Å². The van der Waals surface area contributed by atoms with Crippen LogP contribution in [0.4, 0.5) is 5.82 Å². The van der Waals surface area contributed by atoms with E-state index in [2.05, 4.69) is 32.7 Å². The van der Waals surface area contributed by atoms with Crippen LogP contribution in [-0.4, -0.2) is 27.9 Å². The fraction of sp³-hybridized carbons (Fsp3) is 0.190. The summed E-state index contributed by atoms with van der Waals surface area (Å²) in [5, 5.41) is 7.65. The Morgan fingerprint density at radius 2 is 1.69 bits per heavy atom. The van der Waals surface area contributed by atoms with Crippen molar-refractivity contribution < 1.29 is 4.79 Å². The Hall–Kier alpha value is -2.22. The van der Waals surface area contributed by atoms with Gasteiger partial charge in [-0.1, -0.05) is 47.6 Å². The van der Waals surface area contributed by atoms with Crippen LogP contribution in [0.5, 0.6) is 0 Å². The molecule has 150 valence electrons. The smallest absolute Gasteiger partial charge is 0.230 e. The Labute approximate surface area is 184 Å². The number of nitrogens with one attached hydrogen (secondary N) is 2. The Balaban J connectivity index is 1.44. The zero-order chi connectivity index (χ0) is 20.5. The molecule has 0 aliphatic heterocycles. The predicted molar refractivity (Wildman–Crippen MR) is 122 cm³/mol. The summed E-state index contributed by atoms with van der Waals surface area (Å²) in [5.74, 6) is 0.987. The molecule has 0 atom stereocenters. The lowest BCUT2D eigenvalue weighted by Gasteiger charge is -2.08. The summed E-state index contributed by atoms with van der Waals surface area (Å²) in [6.07, 6.45) is 3.54. The zero-order valence-electron chi connectivity index (χ0n) is 15.9. The summed E-state index contributed by atoms with van der Waals surface area (Å²) in [6.45, 7) is 1.15. The Morgan fingerprint density at radius 1 is 1.00 bits per heavy atom. The van der Waals surface area contributed by atoms with Gasteiger partial charge in [0.05, 0.1) is 5.75 Å². The summed E-state index contributed by atoms with van der Waals surface area (Å²) in [6, 6.07) is 17.7. The number of carbonyl (C=O) groups is 1. The molecule has 0 aliphatic carbocycles. The maximum atomic E-state index is 12.1. The molecule has 0 saturated carbocycles. The van der Waals surface area contributed by atoms with Gasteiger partial charge in [-0.2, -0.15) is 0 Å². The third kappa shape index (κ3) is 7.27. The summed E-state index contributed by atoms with van der Waals surface area (Å²) >= 11 is 8.98. The van der Waals surface area contributed by atoms with E-state index in [1.165, 1.54) is 23.0 Å². The second kappa shape index (κ2) is 11.1. The van der Waals surface area contributed by atoms with E-state index in [9.17, 15) is 4.79 Å². The molecule has 0 fully saturated rings. The van der Waals surface area contributed by atoms with Gasteiger partial charge in [-0.25, -0.2) is 9.97 Å². The van der Waals surface area contributed by atoms with Gasteiger partial charge in [0.15, 0.2) is 0 Å². The van der Waals surface area contributed by atoms with E-state index in [0.717, 1.165) is 16.2 Å². The number of amides is 1. The maximum Gasteiger partial charge on any atom is 0.230 e. The molecular formula is C21H21ClN4OS2. The van der Waals surface area contributed by atoms with Crippen molar-refractivity contribution in [3.05, 3.63) is 77.1 Å². The molecule has 0 radical (unpaired) electrons. The van der Waals surface area contributed by atoms with Crippen molar-refractivity contribution in [2.75, 3.05) is 17.3 Å². The molecular weight excluding hydrogens is 424 g/mol. The highest BCUT2D eigenvalue weighted by Crippen LogP contribution is 2.18. The number of carbonyl (C=O) groups excluding carboxylic acids is 1. The van der Waals surface area contributed by atoms with Crippen LogP contribution in [0.1, 0.15) is 11.1 Å². The number of halogens is 1. The Kier molecular flexibility index (Phi) is 8.22. The van der Waals surface area contributed by atoms with Gasteiger partial charge in [-0.15, -0.1) is 11.8 Å². The molecule has 8 heteroatoms. The van der Waals surface area contributed by atoms with Crippen LogP contribution in [0.2, 0.25) is 5.02 Å². The molecule has 2 N–H and O–H groups in total. The second-order valence-electron chi connectivity index (χ2n) is 6.13. The van der Waals surface area contributed by atoms with Gasteiger partial charge in [-0.05, 0) is 41.6 Å². The molecule has 1 heterocycles. The molecule has 1 amide bonds. The van der Waals surface area contributed by atoms with Crippen molar-refractivity contribution in [2.45, 2.75) is 23.0 Å². The summed E-state index contributed by atoms with van der Waals surface area (Å²) in [4.78, 5) is 21.8. The van der Waals surface area contributed by atoms with Gasteiger partial charge in [-0.3, -0.25) is 4.79 Å². The Bertz CT molecular complexity index is 936. The van der Waals surface area contributed by atoms with Crippen molar-refractivity contribution in [3.63, 3.8) is 0 Å². The number of rotatable bonds is 9. The topological polar surface area (TPSA) is 66.9 Å². The highest BCUT2D eigenvalue weighted by molar-refractivity contribution is 7.99. The predicted octanol–water partition coefficient (Wildman–Crippen LogP) is 4.87. The number of nitrogens with zero attached hydrogens (tertiary/aromatic N) is 2. The van der Waals surface area contributed by atoms with Crippen LogP contribution < -0.4 is 10.6 Å². The lowest BCUT2D eigenvalue weighted by atomic mass is 10.2. The average molecular weight is 445 g/mol. The molecule has 29 heavy (non-hydrogen) atoms. The number of hydrogen-bond donors (Lipinski definition) is 2. The first kappa shape index (κ1) is 21.5. The number of benzene rings is 2. The van der Waals surface area contributed by atoms with Crippen LogP contribution in [0, 0.1) is 0 Å². The van der Waals surface area contributed by atoms with Crippen LogP contribution >= 0.6 is 35.1 Å². The van der Waals surface area contributed by atoms with Crippen molar-refractivity contribution in [1.82, 2.24) is 15.3 Å². The van der Waals surface area contributed by atoms with Crippen molar-refractivity contribution in [3.8, 4) is 0 Å². The third-order valence-corrected chi connectivity index (χ3v) is 5.95. The average Bonchev–Trinajstić information content (AvgIpc) is 2.76. The molecule has 0 aliphatic rings. The standard InChI is InChI=1S/C21H21ClN4OS2/c1-28-18-8-4-16(5-9-18)12-24-20(27)13-29-21-10-19(25-14-26-21)23-11-15-2-6-17(22)7-3-15/h2-10,14H,11-13H2,1H3,(H,24,27)(H,23,25,26). The van der Waals surface area contributed by atoms with Gasteiger partial charge in [0.25, 0.3) is 0 Å². The SMILES string of the molecule is CSc1ccc(CNC(=O)CSc2cc(NCc3ccc(Cl)cc3)ncn2)cc1. The first-order valence-electron chi connectivity index (χ1n) is 8.95. The number of hydrogen-bond acceptors (Lipinski definition) is 6. The minimum atomic E-state index is -0.0294. The van der Waals surface area contributed by atoms with Crippen LogP contribution in [-0.2, 0) is 17.9 Å². The third-order valence-electron chi connectivity index (χ3n) is 4.03. The lowest BCUT2D eigenvalue weighted by molar-refractivity contribution is -0.118. The maximum absolute atomic E-state index is 12.1. The normalized spacial score (nSPS) is 10.6. The van der Waals surface area contributed by atoms with E-state index in [-0.39, 0.29) is 5.91 Å². The molecule has 5 nitrogen and oxygen atoms in total. The first-order chi connectivity index (χ1) is 14.1. The molecule has 0 bridgehead atoms. The van der Waals surface area contributed by atoms with Crippen LogP contribution in [0.3, 0.4) is 0 Å². The molecule has 3 rings (SSSR count). The largest absolute Gasteiger partial charge is 0.366 e. The zero-order valence-corrected chi connectivity index (χ0v) is 18.3. The van der Waals surface area contributed by atoms with E-state index in [4.69, 9.17) is 11.6 Å².